The maximum Gasteiger partial charge on any atom is 0.264 e. The summed E-state index contributed by atoms with van der Waals surface area (Å²) < 4.78 is 47.7. The topological polar surface area (TPSA) is 96.0 Å². The maximum absolute atomic E-state index is 13.8. The summed E-state index contributed by atoms with van der Waals surface area (Å²) in [5.41, 5.74) is 1.89. The van der Waals surface area contributed by atoms with Crippen molar-refractivity contribution < 1.29 is 27.1 Å². The van der Waals surface area contributed by atoms with E-state index in [-0.39, 0.29) is 23.0 Å². The molecular weight excluding hydrogens is 521 g/mol. The Morgan fingerprint density at radius 2 is 1.67 bits per heavy atom. The third-order valence-corrected chi connectivity index (χ3v) is 7.86. The van der Waals surface area contributed by atoms with Crippen LogP contribution in [0.3, 0.4) is 0 Å². The second kappa shape index (κ2) is 13.2. The van der Waals surface area contributed by atoms with E-state index in [1.165, 1.54) is 41.3 Å². The number of halogens is 1. The van der Waals surface area contributed by atoms with E-state index in [1.54, 1.807) is 13.8 Å². The minimum absolute atomic E-state index is 0.0647. The van der Waals surface area contributed by atoms with Gasteiger partial charge >= 0.3 is 0 Å². The number of likely N-dealkylation sites (N-methyl/N-ethyl adjacent to an activating group) is 1. The van der Waals surface area contributed by atoms with Gasteiger partial charge in [0.15, 0.2) is 0 Å². The smallest absolute Gasteiger partial charge is 0.264 e. The third-order valence-electron chi connectivity index (χ3n) is 6.07. The lowest BCUT2D eigenvalue weighted by Crippen LogP contribution is -2.51. The fourth-order valence-electron chi connectivity index (χ4n) is 4.05. The Kier molecular flexibility index (Phi) is 10.1. The highest BCUT2D eigenvalue weighted by Gasteiger charge is 2.32. The molecule has 0 unspecified atom stereocenters. The lowest BCUT2D eigenvalue weighted by atomic mass is 10.1. The summed E-state index contributed by atoms with van der Waals surface area (Å²) in [6, 6.07) is 17.3. The SMILES string of the molecule is CCNC(=O)[C@H](C)N(Cc1cccc(C)c1)C(=O)CN(c1ccc(F)cc1)S(=O)(=O)c1ccc(OCC)cc1. The van der Waals surface area contributed by atoms with Gasteiger partial charge in [-0.1, -0.05) is 29.8 Å². The number of carbonyl (C=O) groups is 2. The van der Waals surface area contributed by atoms with Gasteiger partial charge in [-0.2, -0.15) is 0 Å². The fraction of sp³-hybridized carbons (Fsp3) is 0.310. The molecule has 1 N–H and O–H groups in total. The number of nitrogens with zero attached hydrogens (tertiary/aromatic N) is 2. The molecule has 0 aliphatic heterocycles. The Hall–Kier alpha value is -3.92. The predicted molar refractivity (Wildman–Crippen MR) is 148 cm³/mol. The van der Waals surface area contributed by atoms with E-state index in [2.05, 4.69) is 5.32 Å². The van der Waals surface area contributed by atoms with Crippen molar-refractivity contribution in [1.29, 1.82) is 0 Å². The molecule has 0 aliphatic rings. The van der Waals surface area contributed by atoms with Gasteiger partial charge in [0, 0.05) is 13.1 Å². The number of aryl methyl sites for hydroxylation is 1. The molecule has 0 radical (unpaired) electrons. The van der Waals surface area contributed by atoms with Crippen LogP contribution in [0.1, 0.15) is 31.9 Å². The standard InChI is InChI=1S/C29H34FN3O5S/c1-5-31-29(35)22(4)32(19-23-9-7-8-21(3)18-23)28(34)20-33(25-12-10-24(30)11-13-25)39(36,37)27-16-14-26(15-17-27)38-6-2/h7-18,22H,5-6,19-20H2,1-4H3,(H,31,35)/t22-/m0/s1. The van der Waals surface area contributed by atoms with E-state index < -0.39 is 34.3 Å². The summed E-state index contributed by atoms with van der Waals surface area (Å²) in [5, 5.41) is 2.72. The minimum atomic E-state index is -4.26. The first-order valence-electron chi connectivity index (χ1n) is 12.7. The summed E-state index contributed by atoms with van der Waals surface area (Å²) >= 11 is 0. The van der Waals surface area contributed by atoms with Gasteiger partial charge in [0.05, 0.1) is 17.2 Å². The summed E-state index contributed by atoms with van der Waals surface area (Å²) in [5.74, 6) is -0.995. The number of hydrogen-bond acceptors (Lipinski definition) is 5. The van der Waals surface area contributed by atoms with Crippen LogP contribution in [-0.2, 0) is 26.2 Å². The molecule has 0 heterocycles. The zero-order chi connectivity index (χ0) is 28.6. The van der Waals surface area contributed by atoms with Gasteiger partial charge in [0.1, 0.15) is 24.2 Å². The van der Waals surface area contributed by atoms with Crippen molar-refractivity contribution in [3.63, 3.8) is 0 Å². The van der Waals surface area contributed by atoms with Crippen molar-refractivity contribution in [3.8, 4) is 5.75 Å². The Morgan fingerprint density at radius 1 is 1.00 bits per heavy atom. The van der Waals surface area contributed by atoms with E-state index >= 15 is 0 Å². The van der Waals surface area contributed by atoms with E-state index in [0.29, 0.717) is 18.9 Å². The van der Waals surface area contributed by atoms with Gasteiger partial charge in [-0.05, 0) is 81.8 Å². The molecule has 0 aliphatic carbocycles. The molecule has 10 heteroatoms. The van der Waals surface area contributed by atoms with Crippen molar-refractivity contribution in [2.45, 2.75) is 45.2 Å². The van der Waals surface area contributed by atoms with Gasteiger partial charge in [0.2, 0.25) is 11.8 Å². The lowest BCUT2D eigenvalue weighted by molar-refractivity contribution is -0.139. The molecule has 1 atom stereocenters. The number of amides is 2. The Bertz CT molecular complexity index is 1380. The van der Waals surface area contributed by atoms with Gasteiger partial charge < -0.3 is 15.0 Å². The van der Waals surface area contributed by atoms with Crippen LogP contribution in [0, 0.1) is 12.7 Å². The van der Waals surface area contributed by atoms with Crippen molar-refractivity contribution in [2.24, 2.45) is 0 Å². The first kappa shape index (κ1) is 29.6. The molecule has 3 aromatic carbocycles. The van der Waals surface area contributed by atoms with Crippen LogP contribution in [0.5, 0.6) is 5.75 Å². The molecule has 0 spiro atoms. The van der Waals surface area contributed by atoms with E-state index in [0.717, 1.165) is 27.6 Å². The Labute approximate surface area is 229 Å². The molecule has 3 aromatic rings. The highest BCUT2D eigenvalue weighted by atomic mass is 32.2. The fourth-order valence-corrected chi connectivity index (χ4v) is 5.46. The maximum atomic E-state index is 13.8. The van der Waals surface area contributed by atoms with Crippen molar-refractivity contribution in [3.05, 3.63) is 89.7 Å². The van der Waals surface area contributed by atoms with Crippen molar-refractivity contribution >= 4 is 27.5 Å². The first-order chi connectivity index (χ1) is 18.6. The summed E-state index contributed by atoms with van der Waals surface area (Å²) in [6.07, 6.45) is 0. The van der Waals surface area contributed by atoms with Gasteiger partial charge in [0.25, 0.3) is 10.0 Å². The number of anilines is 1. The summed E-state index contributed by atoms with van der Waals surface area (Å²) in [7, 11) is -4.26. The average Bonchev–Trinajstić information content (AvgIpc) is 2.91. The zero-order valence-corrected chi connectivity index (χ0v) is 23.4. The molecule has 0 saturated carbocycles. The molecule has 39 heavy (non-hydrogen) atoms. The molecule has 0 aromatic heterocycles. The second-order valence-electron chi connectivity index (χ2n) is 8.97. The van der Waals surface area contributed by atoms with E-state index in [1.807, 2.05) is 38.1 Å². The number of carbonyl (C=O) groups excluding carboxylic acids is 2. The normalized spacial score (nSPS) is 11.9. The van der Waals surface area contributed by atoms with Crippen LogP contribution >= 0.6 is 0 Å². The number of rotatable bonds is 12. The Balaban J connectivity index is 2.01. The molecular formula is C29H34FN3O5S. The van der Waals surface area contributed by atoms with E-state index in [4.69, 9.17) is 4.74 Å². The number of sulfonamides is 1. The minimum Gasteiger partial charge on any atom is -0.494 e. The molecule has 2 amide bonds. The monoisotopic (exact) mass is 555 g/mol. The quantitative estimate of drug-likeness (QED) is 0.360. The number of benzene rings is 3. The van der Waals surface area contributed by atoms with Crippen molar-refractivity contribution in [1.82, 2.24) is 10.2 Å². The number of nitrogens with one attached hydrogen (secondary N) is 1. The summed E-state index contributed by atoms with van der Waals surface area (Å²) in [4.78, 5) is 27.8. The average molecular weight is 556 g/mol. The van der Waals surface area contributed by atoms with Crippen LogP contribution in [0.15, 0.2) is 77.7 Å². The second-order valence-corrected chi connectivity index (χ2v) is 10.8. The molecule has 0 fully saturated rings. The van der Waals surface area contributed by atoms with Crippen molar-refractivity contribution in [2.75, 3.05) is 24.0 Å². The third kappa shape index (κ3) is 7.57. The predicted octanol–water partition coefficient (Wildman–Crippen LogP) is 4.28. The van der Waals surface area contributed by atoms with Crippen LogP contribution < -0.4 is 14.4 Å². The molecule has 0 saturated heterocycles. The van der Waals surface area contributed by atoms with E-state index in [9.17, 15) is 22.4 Å². The van der Waals surface area contributed by atoms with Gasteiger partial charge in [-0.3, -0.25) is 13.9 Å². The molecule has 0 bridgehead atoms. The first-order valence-corrected chi connectivity index (χ1v) is 14.1. The molecule has 208 valence electrons. The number of hydrogen-bond donors (Lipinski definition) is 1. The zero-order valence-electron chi connectivity index (χ0n) is 22.6. The largest absolute Gasteiger partial charge is 0.494 e. The molecule has 8 nitrogen and oxygen atoms in total. The number of ether oxygens (including phenoxy) is 1. The highest BCUT2D eigenvalue weighted by Crippen LogP contribution is 2.26. The van der Waals surface area contributed by atoms with Crippen LogP contribution in [0.4, 0.5) is 10.1 Å². The van der Waals surface area contributed by atoms with Gasteiger partial charge in [-0.15, -0.1) is 0 Å². The summed E-state index contributed by atoms with van der Waals surface area (Å²) in [6.45, 7) is 7.40. The van der Waals surface area contributed by atoms with Crippen LogP contribution in [0.2, 0.25) is 0 Å². The molecule has 3 rings (SSSR count). The highest BCUT2D eigenvalue weighted by molar-refractivity contribution is 7.92. The van der Waals surface area contributed by atoms with Crippen LogP contribution in [-0.4, -0.2) is 50.9 Å². The van der Waals surface area contributed by atoms with Gasteiger partial charge in [-0.25, -0.2) is 12.8 Å². The Morgan fingerprint density at radius 3 is 2.26 bits per heavy atom. The van der Waals surface area contributed by atoms with Crippen LogP contribution in [0.25, 0.3) is 0 Å². The lowest BCUT2D eigenvalue weighted by Gasteiger charge is -2.32.